The molecular formula is C8H13N5O3. The second kappa shape index (κ2) is 5.10. The number of aryl methyl sites for hydroxylation is 1. The van der Waals surface area contributed by atoms with Crippen LogP contribution >= 0.6 is 0 Å². The standard InChI is InChI=1S/C8H13N5O3/c1-5(7(14)15)10-8(16)9-3-6-4-13(2)12-11-6/h4-5H,3H2,1-2H3,(H,14,15)(H2,9,10,16). The van der Waals surface area contributed by atoms with E-state index >= 15 is 0 Å². The largest absolute Gasteiger partial charge is 0.480 e. The van der Waals surface area contributed by atoms with Gasteiger partial charge in [-0.05, 0) is 6.92 Å². The van der Waals surface area contributed by atoms with E-state index in [9.17, 15) is 9.59 Å². The summed E-state index contributed by atoms with van der Waals surface area (Å²) in [5, 5.41) is 20.7. The van der Waals surface area contributed by atoms with Crippen LogP contribution in [0, 0.1) is 0 Å². The lowest BCUT2D eigenvalue weighted by atomic mass is 10.3. The highest BCUT2D eigenvalue weighted by atomic mass is 16.4. The van der Waals surface area contributed by atoms with Crippen LogP contribution in [0.4, 0.5) is 4.79 Å². The number of nitrogens with one attached hydrogen (secondary N) is 2. The molecule has 1 aromatic rings. The van der Waals surface area contributed by atoms with Gasteiger partial charge in [-0.1, -0.05) is 5.21 Å². The van der Waals surface area contributed by atoms with Crippen molar-refractivity contribution in [1.82, 2.24) is 25.6 Å². The molecule has 0 saturated carbocycles. The van der Waals surface area contributed by atoms with Gasteiger partial charge in [0.15, 0.2) is 0 Å². The molecule has 0 aliphatic rings. The van der Waals surface area contributed by atoms with Gasteiger partial charge in [-0.25, -0.2) is 4.79 Å². The third-order valence-corrected chi connectivity index (χ3v) is 1.80. The van der Waals surface area contributed by atoms with Gasteiger partial charge in [0.05, 0.1) is 6.54 Å². The number of hydrogen-bond acceptors (Lipinski definition) is 4. The van der Waals surface area contributed by atoms with Crippen LogP contribution in [0.2, 0.25) is 0 Å². The molecule has 0 bridgehead atoms. The van der Waals surface area contributed by atoms with E-state index in [0.717, 1.165) is 0 Å². The lowest BCUT2D eigenvalue weighted by molar-refractivity contribution is -0.138. The third-order valence-electron chi connectivity index (χ3n) is 1.80. The van der Waals surface area contributed by atoms with E-state index in [0.29, 0.717) is 5.69 Å². The maximum Gasteiger partial charge on any atom is 0.325 e. The maximum absolute atomic E-state index is 11.2. The maximum atomic E-state index is 11.2. The molecule has 1 atom stereocenters. The Morgan fingerprint density at radius 2 is 2.31 bits per heavy atom. The summed E-state index contributed by atoms with van der Waals surface area (Å²) < 4.78 is 1.51. The first-order valence-electron chi connectivity index (χ1n) is 4.61. The van der Waals surface area contributed by atoms with Gasteiger partial charge in [0.2, 0.25) is 0 Å². The highest BCUT2D eigenvalue weighted by Gasteiger charge is 2.13. The number of nitrogens with zero attached hydrogens (tertiary/aromatic N) is 3. The van der Waals surface area contributed by atoms with E-state index in [1.54, 1.807) is 13.2 Å². The number of carbonyl (C=O) groups excluding carboxylic acids is 1. The van der Waals surface area contributed by atoms with E-state index in [2.05, 4.69) is 20.9 Å². The Labute approximate surface area is 91.6 Å². The van der Waals surface area contributed by atoms with Crippen molar-refractivity contribution in [1.29, 1.82) is 0 Å². The van der Waals surface area contributed by atoms with E-state index in [1.165, 1.54) is 11.6 Å². The SMILES string of the molecule is CC(NC(=O)NCc1cn(C)nn1)C(=O)O. The van der Waals surface area contributed by atoms with E-state index < -0.39 is 18.0 Å². The Morgan fingerprint density at radius 3 is 2.81 bits per heavy atom. The predicted molar refractivity (Wildman–Crippen MR) is 53.5 cm³/mol. The van der Waals surface area contributed by atoms with Crippen LogP contribution in [-0.4, -0.2) is 38.1 Å². The predicted octanol–water partition coefficient (Wildman–Crippen LogP) is -0.913. The molecule has 2 amide bonds. The van der Waals surface area contributed by atoms with Crippen LogP contribution in [0.1, 0.15) is 12.6 Å². The van der Waals surface area contributed by atoms with E-state index in [4.69, 9.17) is 5.11 Å². The molecule has 1 unspecified atom stereocenters. The number of aromatic nitrogens is 3. The molecule has 0 fully saturated rings. The molecule has 0 aliphatic heterocycles. The molecule has 8 nitrogen and oxygen atoms in total. The summed E-state index contributed by atoms with van der Waals surface area (Å²) in [5.41, 5.74) is 0.598. The average molecular weight is 227 g/mol. The molecule has 0 radical (unpaired) electrons. The summed E-state index contributed by atoms with van der Waals surface area (Å²) in [4.78, 5) is 21.6. The fraction of sp³-hybridized carbons (Fsp3) is 0.500. The van der Waals surface area contributed by atoms with Crippen molar-refractivity contribution in [2.45, 2.75) is 19.5 Å². The number of hydrogen-bond donors (Lipinski definition) is 3. The first-order chi connectivity index (χ1) is 7.49. The van der Waals surface area contributed by atoms with Crippen molar-refractivity contribution in [3.63, 3.8) is 0 Å². The minimum atomic E-state index is -1.09. The van der Waals surface area contributed by atoms with Crippen LogP contribution < -0.4 is 10.6 Å². The summed E-state index contributed by atoms with van der Waals surface area (Å²) in [6.45, 7) is 1.58. The molecule has 3 N–H and O–H groups in total. The quantitative estimate of drug-likeness (QED) is 0.616. The number of aliphatic carboxylic acids is 1. The van der Waals surface area contributed by atoms with Gasteiger partial charge in [-0.2, -0.15) is 0 Å². The summed E-state index contributed by atoms with van der Waals surface area (Å²) in [7, 11) is 1.71. The normalized spacial score (nSPS) is 11.9. The van der Waals surface area contributed by atoms with E-state index in [-0.39, 0.29) is 6.54 Å². The van der Waals surface area contributed by atoms with Crippen molar-refractivity contribution in [3.8, 4) is 0 Å². The number of carboxylic acids is 1. The molecule has 88 valence electrons. The molecule has 1 heterocycles. The van der Waals surface area contributed by atoms with Gasteiger partial charge < -0.3 is 15.7 Å². The summed E-state index contributed by atoms with van der Waals surface area (Å²) in [5.74, 6) is -1.09. The van der Waals surface area contributed by atoms with Crippen molar-refractivity contribution in [3.05, 3.63) is 11.9 Å². The summed E-state index contributed by atoms with van der Waals surface area (Å²) >= 11 is 0. The smallest absolute Gasteiger partial charge is 0.325 e. The van der Waals surface area contributed by atoms with Crippen molar-refractivity contribution >= 4 is 12.0 Å². The fourth-order valence-electron chi connectivity index (χ4n) is 0.957. The van der Waals surface area contributed by atoms with Crippen LogP contribution in [0.5, 0.6) is 0 Å². The highest BCUT2D eigenvalue weighted by molar-refractivity contribution is 5.82. The third kappa shape index (κ3) is 3.56. The van der Waals surface area contributed by atoms with Crippen LogP contribution in [0.25, 0.3) is 0 Å². The molecule has 16 heavy (non-hydrogen) atoms. The fourth-order valence-corrected chi connectivity index (χ4v) is 0.957. The second-order valence-corrected chi connectivity index (χ2v) is 3.27. The number of rotatable bonds is 4. The van der Waals surface area contributed by atoms with Gasteiger partial charge in [-0.15, -0.1) is 5.10 Å². The number of carboxylic acid groups (broad SMARTS) is 1. The number of carbonyl (C=O) groups is 2. The zero-order valence-electron chi connectivity index (χ0n) is 8.97. The van der Waals surface area contributed by atoms with Crippen molar-refractivity contribution in [2.75, 3.05) is 0 Å². The minimum absolute atomic E-state index is 0.200. The number of amides is 2. The Hall–Kier alpha value is -2.12. The lowest BCUT2D eigenvalue weighted by Crippen LogP contribution is -2.44. The van der Waals surface area contributed by atoms with Gasteiger partial charge in [0.25, 0.3) is 0 Å². The van der Waals surface area contributed by atoms with Crippen LogP contribution in [-0.2, 0) is 18.4 Å². The molecule has 0 saturated heterocycles. The highest BCUT2D eigenvalue weighted by Crippen LogP contribution is 1.89. The monoisotopic (exact) mass is 227 g/mol. The zero-order chi connectivity index (χ0) is 12.1. The Balaban J connectivity index is 2.33. The Morgan fingerprint density at radius 1 is 1.62 bits per heavy atom. The second-order valence-electron chi connectivity index (χ2n) is 3.27. The molecule has 1 aromatic heterocycles. The molecule has 0 aromatic carbocycles. The topological polar surface area (TPSA) is 109 Å². The molecule has 0 aliphatic carbocycles. The first-order valence-corrected chi connectivity index (χ1v) is 4.61. The average Bonchev–Trinajstić information content (AvgIpc) is 2.61. The number of urea groups is 1. The zero-order valence-corrected chi connectivity index (χ0v) is 8.97. The summed E-state index contributed by atoms with van der Waals surface area (Å²) in [6.07, 6.45) is 1.65. The minimum Gasteiger partial charge on any atom is -0.480 e. The Bertz CT molecular complexity index is 389. The Kier molecular flexibility index (Phi) is 3.81. The molecular weight excluding hydrogens is 214 g/mol. The molecule has 8 heteroatoms. The van der Waals surface area contributed by atoms with Crippen molar-refractivity contribution in [2.24, 2.45) is 7.05 Å². The van der Waals surface area contributed by atoms with Crippen molar-refractivity contribution < 1.29 is 14.7 Å². The van der Waals surface area contributed by atoms with Gasteiger partial charge in [-0.3, -0.25) is 9.48 Å². The van der Waals surface area contributed by atoms with E-state index in [1.807, 2.05) is 0 Å². The van der Waals surface area contributed by atoms with Gasteiger partial charge in [0.1, 0.15) is 11.7 Å². The van der Waals surface area contributed by atoms with Crippen LogP contribution in [0.15, 0.2) is 6.20 Å². The first kappa shape index (κ1) is 12.0. The summed E-state index contributed by atoms with van der Waals surface area (Å²) in [6, 6.07) is -1.48. The van der Waals surface area contributed by atoms with Gasteiger partial charge >= 0.3 is 12.0 Å². The lowest BCUT2D eigenvalue weighted by Gasteiger charge is -2.09. The molecule has 0 spiro atoms. The molecule has 1 rings (SSSR count). The van der Waals surface area contributed by atoms with Crippen LogP contribution in [0.3, 0.4) is 0 Å². The van der Waals surface area contributed by atoms with Gasteiger partial charge in [0, 0.05) is 13.2 Å².